The molecule has 1 aliphatic carbocycles. The number of rotatable bonds is 4. The van der Waals surface area contributed by atoms with Gasteiger partial charge < -0.3 is 15.9 Å². The van der Waals surface area contributed by atoms with Gasteiger partial charge in [-0.3, -0.25) is 9.59 Å². The fourth-order valence-corrected chi connectivity index (χ4v) is 0.954. The number of carboxylic acids is 2. The summed E-state index contributed by atoms with van der Waals surface area (Å²) < 4.78 is 14.8. The fraction of sp³-hybridized carbons (Fsp3) is 0.714. The number of aliphatic carboxylic acids is 2. The minimum atomic E-state index is -2.16. The van der Waals surface area contributed by atoms with E-state index in [-0.39, 0.29) is 6.42 Å². The summed E-state index contributed by atoms with van der Waals surface area (Å²) in [5.74, 6) is -4.14. The first-order chi connectivity index (χ1) is 6.28. The van der Waals surface area contributed by atoms with Crippen molar-refractivity contribution in [3.8, 4) is 0 Å². The Morgan fingerprint density at radius 3 is 2.58 bits per heavy atom. The predicted molar refractivity (Wildman–Crippen MR) is 39.5 cm³/mol. The molecule has 5 heteroatoms. The molecule has 1 rings (SSSR count). The first kappa shape index (κ1) is 6.42. The highest BCUT2D eigenvalue weighted by Gasteiger charge is 2.44. The summed E-state index contributed by atoms with van der Waals surface area (Å²) in [6.45, 7) is 0. The lowest BCUT2D eigenvalue weighted by atomic mass is 10.1. The average Bonchev–Trinajstić information content (AvgIpc) is 2.81. The lowest BCUT2D eigenvalue weighted by molar-refractivity contribution is -0.140. The van der Waals surface area contributed by atoms with Crippen LogP contribution in [0.5, 0.6) is 0 Å². The molecule has 5 nitrogen and oxygen atoms in total. The van der Waals surface area contributed by atoms with Gasteiger partial charge in [0.1, 0.15) is 6.04 Å². The molecule has 0 saturated heterocycles. The molecule has 12 heavy (non-hydrogen) atoms. The van der Waals surface area contributed by atoms with E-state index in [1.165, 1.54) is 0 Å². The Kier molecular flexibility index (Phi) is 1.66. The monoisotopic (exact) mass is 175 g/mol. The third-order valence-corrected chi connectivity index (χ3v) is 1.77. The molecular formula is C7H11NO4. The van der Waals surface area contributed by atoms with Crippen LogP contribution in [-0.2, 0) is 9.59 Å². The summed E-state index contributed by atoms with van der Waals surface area (Å²) in [5, 5.41) is 17.1. The van der Waals surface area contributed by atoms with Crippen LogP contribution in [0, 0.1) is 11.8 Å². The Hall–Kier alpha value is -1.10. The summed E-state index contributed by atoms with van der Waals surface area (Å²) >= 11 is 0. The van der Waals surface area contributed by atoms with Gasteiger partial charge >= 0.3 is 11.9 Å². The van der Waals surface area contributed by atoms with Crippen molar-refractivity contribution < 1.29 is 22.5 Å². The molecule has 0 aromatic carbocycles. The number of carboxylic acid groups (broad SMARTS) is 2. The van der Waals surface area contributed by atoms with Gasteiger partial charge in [0.25, 0.3) is 0 Å². The second-order valence-electron chi connectivity index (χ2n) is 2.77. The van der Waals surface area contributed by atoms with Crippen LogP contribution in [0.4, 0.5) is 0 Å². The van der Waals surface area contributed by atoms with Crippen molar-refractivity contribution in [2.75, 3.05) is 0 Å². The van der Waals surface area contributed by atoms with Gasteiger partial charge in [-0.15, -0.1) is 0 Å². The van der Waals surface area contributed by atoms with E-state index in [1.54, 1.807) is 0 Å². The molecule has 1 fully saturated rings. The van der Waals surface area contributed by atoms with Crippen LogP contribution >= 0.6 is 0 Å². The van der Waals surface area contributed by atoms with Gasteiger partial charge in [0.15, 0.2) is 0 Å². The minimum absolute atomic E-state index is 0.156. The lowest BCUT2D eigenvalue weighted by Crippen LogP contribution is -2.30. The van der Waals surface area contributed by atoms with Gasteiger partial charge in [0.2, 0.25) is 0 Å². The highest BCUT2D eigenvalue weighted by molar-refractivity contribution is 5.75. The van der Waals surface area contributed by atoms with E-state index >= 15 is 0 Å². The van der Waals surface area contributed by atoms with Gasteiger partial charge in [0, 0.05) is 2.74 Å². The highest BCUT2D eigenvalue weighted by atomic mass is 16.4. The molecule has 68 valence electrons. The second-order valence-corrected chi connectivity index (χ2v) is 2.77. The summed E-state index contributed by atoms with van der Waals surface area (Å²) in [6.07, 6.45) is -2.00. The van der Waals surface area contributed by atoms with Gasteiger partial charge in [-0.1, -0.05) is 0 Å². The largest absolute Gasteiger partial charge is 0.481 e. The third kappa shape index (κ3) is 1.94. The topological polar surface area (TPSA) is 101 Å². The maximum atomic E-state index is 10.5. The molecule has 1 unspecified atom stereocenters. The molecule has 0 bridgehead atoms. The molecule has 0 radical (unpaired) electrons. The van der Waals surface area contributed by atoms with E-state index in [0.29, 0.717) is 0 Å². The highest BCUT2D eigenvalue weighted by Crippen LogP contribution is 2.41. The fourth-order valence-electron chi connectivity index (χ4n) is 0.954. The minimum Gasteiger partial charge on any atom is -0.481 e. The summed E-state index contributed by atoms with van der Waals surface area (Å²) in [4.78, 5) is 20.9. The van der Waals surface area contributed by atoms with E-state index in [9.17, 15) is 9.59 Å². The molecule has 0 amide bonds. The van der Waals surface area contributed by atoms with Crippen molar-refractivity contribution in [3.05, 3.63) is 0 Å². The van der Waals surface area contributed by atoms with Crippen molar-refractivity contribution in [1.82, 2.24) is 0 Å². The van der Waals surface area contributed by atoms with Crippen LogP contribution < -0.4 is 5.73 Å². The van der Waals surface area contributed by atoms with Crippen LogP contribution in [0.1, 0.15) is 15.5 Å². The molecule has 1 saturated carbocycles. The van der Waals surface area contributed by atoms with Crippen molar-refractivity contribution in [2.45, 2.75) is 18.8 Å². The number of carbonyl (C=O) groups is 2. The molecular weight excluding hydrogens is 162 g/mol. The Morgan fingerprint density at radius 1 is 1.67 bits per heavy atom. The molecule has 3 atom stereocenters. The summed E-state index contributed by atoms with van der Waals surface area (Å²) in [7, 11) is 0. The second kappa shape index (κ2) is 3.10. The SMILES string of the molecule is [2H]C([2H])(C(N)C(=O)O)[C@@H]1C[C@H]1C(=O)O. The van der Waals surface area contributed by atoms with Crippen LogP contribution in [0.3, 0.4) is 0 Å². The first-order valence-corrected chi connectivity index (χ1v) is 3.49. The van der Waals surface area contributed by atoms with Crippen molar-refractivity contribution >= 4 is 11.9 Å². The van der Waals surface area contributed by atoms with E-state index in [0.717, 1.165) is 0 Å². The van der Waals surface area contributed by atoms with Crippen LogP contribution in [0.2, 0.25) is 0 Å². The number of nitrogens with two attached hydrogens (primary N) is 1. The molecule has 0 aliphatic heterocycles. The Bertz CT molecular complexity index is 281. The summed E-state index contributed by atoms with van der Waals surface area (Å²) in [5.41, 5.74) is 5.13. The Morgan fingerprint density at radius 2 is 2.25 bits per heavy atom. The average molecular weight is 175 g/mol. The zero-order chi connectivity index (χ0) is 11.1. The van der Waals surface area contributed by atoms with E-state index in [2.05, 4.69) is 0 Å². The summed E-state index contributed by atoms with van der Waals surface area (Å²) in [6, 6.07) is -1.67. The standard InChI is InChI=1S/C7H11NO4/c8-5(7(11)12)2-3-1-4(3)6(9)10/h3-5H,1-2,8H2,(H,9,10)(H,11,12)/t3-,4+,5?/m0/s1/i2D2. The smallest absolute Gasteiger partial charge is 0.320 e. The normalized spacial score (nSPS) is 33.1. The molecule has 0 aromatic rings. The molecule has 0 spiro atoms. The predicted octanol–water partition coefficient (Wildman–Crippen LogP) is -0.491. The number of hydrogen-bond acceptors (Lipinski definition) is 3. The zero-order valence-corrected chi connectivity index (χ0v) is 6.23. The Labute approximate surface area is 72.0 Å². The molecule has 0 aromatic heterocycles. The quantitative estimate of drug-likeness (QED) is 0.535. The third-order valence-electron chi connectivity index (χ3n) is 1.77. The van der Waals surface area contributed by atoms with Gasteiger partial charge in [-0.05, 0) is 18.7 Å². The van der Waals surface area contributed by atoms with Crippen molar-refractivity contribution in [1.29, 1.82) is 0 Å². The van der Waals surface area contributed by atoms with Crippen LogP contribution in [-0.4, -0.2) is 28.2 Å². The van der Waals surface area contributed by atoms with Gasteiger partial charge in [-0.2, -0.15) is 0 Å². The van der Waals surface area contributed by atoms with E-state index in [1.807, 2.05) is 0 Å². The maximum absolute atomic E-state index is 10.5. The molecule has 4 N–H and O–H groups in total. The maximum Gasteiger partial charge on any atom is 0.320 e. The Balaban J connectivity index is 2.68. The number of hydrogen-bond donors (Lipinski definition) is 3. The van der Waals surface area contributed by atoms with E-state index in [4.69, 9.17) is 18.7 Å². The lowest BCUT2D eigenvalue weighted by Gasteiger charge is -2.03. The van der Waals surface area contributed by atoms with Crippen molar-refractivity contribution in [3.63, 3.8) is 0 Å². The van der Waals surface area contributed by atoms with Gasteiger partial charge in [-0.25, -0.2) is 0 Å². The van der Waals surface area contributed by atoms with Gasteiger partial charge in [0.05, 0.1) is 5.92 Å². The van der Waals surface area contributed by atoms with Crippen molar-refractivity contribution in [2.24, 2.45) is 17.6 Å². The van der Waals surface area contributed by atoms with E-state index < -0.39 is 36.2 Å². The molecule has 1 aliphatic rings. The zero-order valence-electron chi connectivity index (χ0n) is 8.23. The molecule has 0 heterocycles. The van der Waals surface area contributed by atoms with Crippen LogP contribution in [0.25, 0.3) is 0 Å². The van der Waals surface area contributed by atoms with Crippen LogP contribution in [0.15, 0.2) is 0 Å². The first-order valence-electron chi connectivity index (χ1n) is 4.49.